The summed E-state index contributed by atoms with van der Waals surface area (Å²) in [5.41, 5.74) is 2.43. The summed E-state index contributed by atoms with van der Waals surface area (Å²) in [6, 6.07) is 21.3. The van der Waals surface area contributed by atoms with Gasteiger partial charge < -0.3 is 23.9 Å². The fraction of sp³-hybridized carbons (Fsp3) is 0.188. The maximum absolute atomic E-state index is 14.0. The minimum Gasteiger partial charge on any atom is -0.506 e. The largest absolute Gasteiger partial charge is 0.506 e. The Balaban J connectivity index is 1.45. The number of aliphatic hydroxyl groups excluding tert-OH is 1. The molecule has 0 fully saturated rings. The fourth-order valence-corrected chi connectivity index (χ4v) is 5.45. The maximum Gasteiger partial charge on any atom is 0.344 e. The smallest absolute Gasteiger partial charge is 0.344 e. The highest BCUT2D eigenvalue weighted by Gasteiger charge is 2.33. The minimum absolute atomic E-state index is 0.0269. The van der Waals surface area contributed by atoms with Crippen LogP contribution >= 0.6 is 11.8 Å². The van der Waals surface area contributed by atoms with E-state index in [9.17, 15) is 14.3 Å². The van der Waals surface area contributed by atoms with E-state index in [0.29, 0.717) is 28.8 Å². The first kappa shape index (κ1) is 28.0. The van der Waals surface area contributed by atoms with Crippen LogP contribution in [0, 0.1) is 5.82 Å². The first-order valence-corrected chi connectivity index (χ1v) is 14.1. The molecule has 0 bridgehead atoms. The van der Waals surface area contributed by atoms with Gasteiger partial charge in [-0.2, -0.15) is 0 Å². The summed E-state index contributed by atoms with van der Waals surface area (Å²) in [5.74, 6) is -0.308. The summed E-state index contributed by atoms with van der Waals surface area (Å²) in [6.45, 7) is 5.08. The highest BCUT2D eigenvalue weighted by atomic mass is 32.2. The third-order valence-electron chi connectivity index (χ3n) is 6.28. The van der Waals surface area contributed by atoms with Crippen LogP contribution in [-0.2, 0) is 16.1 Å². The van der Waals surface area contributed by atoms with Crippen molar-refractivity contribution in [3.63, 3.8) is 0 Å². The van der Waals surface area contributed by atoms with Crippen LogP contribution < -0.4 is 9.47 Å². The lowest BCUT2D eigenvalue weighted by Crippen LogP contribution is -2.12. The number of carbonyl (C=O) groups is 1. The summed E-state index contributed by atoms with van der Waals surface area (Å²) in [6.07, 6.45) is 3.78. The molecule has 2 heterocycles. The average molecular weight is 573 g/mol. The van der Waals surface area contributed by atoms with Crippen LogP contribution in [0.3, 0.4) is 0 Å². The van der Waals surface area contributed by atoms with E-state index < -0.39 is 11.8 Å². The van der Waals surface area contributed by atoms with Crippen LogP contribution in [0.4, 0.5) is 10.1 Å². The van der Waals surface area contributed by atoms with Crippen LogP contribution in [0.15, 0.2) is 100 Å². The molecule has 1 N–H and O–H groups in total. The van der Waals surface area contributed by atoms with Gasteiger partial charge in [-0.05, 0) is 62.4 Å². The van der Waals surface area contributed by atoms with Gasteiger partial charge in [-0.1, -0.05) is 42.1 Å². The Morgan fingerprint density at radius 2 is 1.76 bits per heavy atom. The summed E-state index contributed by atoms with van der Waals surface area (Å²) in [4.78, 5) is 18.0. The average Bonchev–Trinajstić information content (AvgIpc) is 3.47. The Kier molecular flexibility index (Phi) is 8.74. The zero-order chi connectivity index (χ0) is 28.8. The van der Waals surface area contributed by atoms with E-state index in [-0.39, 0.29) is 30.3 Å². The zero-order valence-electron chi connectivity index (χ0n) is 22.7. The number of hydrogen-bond acceptors (Lipinski definition) is 7. The van der Waals surface area contributed by atoms with Crippen LogP contribution in [0.5, 0.6) is 11.5 Å². The van der Waals surface area contributed by atoms with Gasteiger partial charge in [0.15, 0.2) is 11.6 Å². The fourth-order valence-electron chi connectivity index (χ4n) is 4.42. The molecule has 0 unspecified atom stereocenters. The zero-order valence-corrected chi connectivity index (χ0v) is 23.5. The Morgan fingerprint density at radius 1 is 1.00 bits per heavy atom. The SMILES string of the molecule is CCOC(=O)C1=C(O)/C(=C/c2cn(CCOc3ccccc3F)c3ccccc23)SC1=Nc1ccc(OCC)cc1. The number of esters is 1. The Bertz CT molecular complexity index is 1660. The number of halogens is 1. The van der Waals surface area contributed by atoms with E-state index in [1.165, 1.54) is 17.8 Å². The molecule has 0 radical (unpaired) electrons. The van der Waals surface area contributed by atoms with Crippen molar-refractivity contribution in [2.45, 2.75) is 20.4 Å². The number of carbonyl (C=O) groups excluding carboxylic acids is 1. The summed E-state index contributed by atoms with van der Waals surface area (Å²) in [7, 11) is 0. The van der Waals surface area contributed by atoms with Gasteiger partial charge in [0.05, 0.1) is 30.4 Å². The molecule has 0 amide bonds. The van der Waals surface area contributed by atoms with E-state index in [4.69, 9.17) is 14.2 Å². The standard InChI is InChI=1S/C32H29FN2O5S/c1-3-38-23-15-13-22(14-16-23)34-31-29(32(37)39-4-2)30(36)28(41-31)19-21-20-35(26-11-7-5-9-24(21)26)17-18-40-27-12-8-6-10-25(27)33/h5-16,19-20,36H,3-4,17-18H2,1-2H3/b28-19-,34-31?. The van der Waals surface area contributed by atoms with Crippen molar-refractivity contribution in [2.24, 2.45) is 4.99 Å². The molecule has 1 aliphatic heterocycles. The predicted molar refractivity (Wildman–Crippen MR) is 160 cm³/mol. The van der Waals surface area contributed by atoms with E-state index in [1.54, 1.807) is 49.4 Å². The number of hydrogen-bond donors (Lipinski definition) is 1. The molecular formula is C32H29FN2O5S. The van der Waals surface area contributed by atoms with Crippen molar-refractivity contribution >= 4 is 45.4 Å². The molecule has 0 aliphatic carbocycles. The predicted octanol–water partition coefficient (Wildman–Crippen LogP) is 7.45. The lowest BCUT2D eigenvalue weighted by Gasteiger charge is -2.08. The second-order valence-electron chi connectivity index (χ2n) is 8.97. The van der Waals surface area contributed by atoms with Crippen LogP contribution in [-0.4, -0.2) is 40.5 Å². The molecule has 3 aromatic carbocycles. The minimum atomic E-state index is -0.640. The number of nitrogens with zero attached hydrogens (tertiary/aromatic N) is 2. The third kappa shape index (κ3) is 6.30. The number of rotatable bonds is 10. The van der Waals surface area contributed by atoms with Crippen LogP contribution in [0.2, 0.25) is 0 Å². The van der Waals surface area contributed by atoms with E-state index in [1.807, 2.05) is 48.0 Å². The van der Waals surface area contributed by atoms with Crippen molar-refractivity contribution in [3.05, 3.63) is 107 Å². The molecule has 1 aliphatic rings. The number of ether oxygens (including phenoxy) is 3. The number of aromatic nitrogens is 1. The monoisotopic (exact) mass is 572 g/mol. The lowest BCUT2D eigenvalue weighted by molar-refractivity contribution is -0.138. The summed E-state index contributed by atoms with van der Waals surface area (Å²) < 4.78 is 32.4. The number of aliphatic hydroxyl groups is 1. The number of fused-ring (bicyclic) bond motifs is 1. The van der Waals surface area contributed by atoms with Gasteiger partial charge in [0.1, 0.15) is 28.7 Å². The molecule has 0 saturated carbocycles. The molecule has 0 atom stereocenters. The Hall–Kier alpha value is -4.50. The van der Waals surface area contributed by atoms with Gasteiger partial charge in [0.25, 0.3) is 0 Å². The van der Waals surface area contributed by atoms with E-state index >= 15 is 0 Å². The molecule has 7 nitrogen and oxygen atoms in total. The Labute approximate surface area is 241 Å². The summed E-state index contributed by atoms with van der Waals surface area (Å²) in [5, 5.41) is 12.5. The number of aliphatic imine (C=N–C) groups is 1. The van der Waals surface area contributed by atoms with Crippen molar-refractivity contribution in [3.8, 4) is 11.5 Å². The maximum atomic E-state index is 14.0. The topological polar surface area (TPSA) is 82.3 Å². The van der Waals surface area contributed by atoms with Crippen molar-refractivity contribution in [2.75, 3.05) is 19.8 Å². The highest BCUT2D eigenvalue weighted by Crippen LogP contribution is 2.41. The lowest BCUT2D eigenvalue weighted by atomic mass is 10.1. The number of thioether (sulfide) groups is 1. The van der Waals surface area contributed by atoms with Gasteiger partial charge in [0, 0.05) is 22.7 Å². The number of benzene rings is 3. The van der Waals surface area contributed by atoms with Gasteiger partial charge in [-0.15, -0.1) is 0 Å². The van der Waals surface area contributed by atoms with Gasteiger partial charge in [-0.3, -0.25) is 0 Å². The van der Waals surface area contributed by atoms with Crippen LogP contribution in [0.1, 0.15) is 19.4 Å². The second-order valence-corrected chi connectivity index (χ2v) is 10.0. The number of para-hydroxylation sites is 2. The third-order valence-corrected chi connectivity index (χ3v) is 7.30. The first-order chi connectivity index (χ1) is 20.0. The van der Waals surface area contributed by atoms with Gasteiger partial charge in [-0.25, -0.2) is 14.2 Å². The first-order valence-electron chi connectivity index (χ1n) is 13.3. The van der Waals surface area contributed by atoms with Crippen molar-refractivity contribution in [1.29, 1.82) is 0 Å². The second kappa shape index (κ2) is 12.8. The molecule has 0 saturated heterocycles. The van der Waals surface area contributed by atoms with Crippen molar-refractivity contribution in [1.82, 2.24) is 4.57 Å². The molecule has 0 spiro atoms. The van der Waals surface area contributed by atoms with Gasteiger partial charge >= 0.3 is 5.97 Å². The summed E-state index contributed by atoms with van der Waals surface area (Å²) >= 11 is 1.20. The van der Waals surface area contributed by atoms with Crippen molar-refractivity contribution < 1.29 is 28.5 Å². The molecule has 4 aromatic rings. The molecule has 9 heteroatoms. The molecule has 1 aromatic heterocycles. The van der Waals surface area contributed by atoms with E-state index in [2.05, 4.69) is 4.99 Å². The Morgan fingerprint density at radius 3 is 2.51 bits per heavy atom. The molecular weight excluding hydrogens is 543 g/mol. The normalized spacial score (nSPS) is 15.2. The van der Waals surface area contributed by atoms with Crippen LogP contribution in [0.25, 0.3) is 17.0 Å². The quantitative estimate of drug-likeness (QED) is 0.199. The van der Waals surface area contributed by atoms with Gasteiger partial charge in [0.2, 0.25) is 0 Å². The molecule has 5 rings (SSSR count). The molecule has 210 valence electrons. The molecule has 41 heavy (non-hydrogen) atoms. The highest BCUT2D eigenvalue weighted by molar-refractivity contribution is 8.18. The van der Waals surface area contributed by atoms with E-state index in [0.717, 1.165) is 22.2 Å².